The van der Waals surface area contributed by atoms with E-state index in [1.54, 1.807) is 0 Å². The average molecular weight is 281 g/mol. The maximum absolute atomic E-state index is 10.3. The SMILES string of the molecule is CCn1cc[n+](CCCCCCCCCCC(=O)O)c1. The van der Waals surface area contributed by atoms with Crippen LogP contribution in [0.15, 0.2) is 18.7 Å². The molecule has 0 aliphatic carbocycles. The maximum atomic E-state index is 10.3. The molecule has 20 heavy (non-hydrogen) atoms. The minimum absolute atomic E-state index is 0.328. The number of carboxylic acids is 1. The number of hydrogen-bond donors (Lipinski definition) is 1. The predicted molar refractivity (Wildman–Crippen MR) is 79.5 cm³/mol. The van der Waals surface area contributed by atoms with Gasteiger partial charge in [-0.1, -0.05) is 32.1 Å². The van der Waals surface area contributed by atoms with Gasteiger partial charge in [-0.25, -0.2) is 9.13 Å². The molecule has 0 unspecified atom stereocenters. The number of aryl methyl sites for hydroxylation is 2. The standard InChI is InChI=1S/C16H28N2O2/c1-2-17-13-14-18(15-17)12-10-8-6-4-3-5-7-9-11-16(19)20/h13-15H,2-12H2,1H3/p+1. The molecule has 4 nitrogen and oxygen atoms in total. The number of nitrogens with zero attached hydrogens (tertiary/aromatic N) is 2. The summed E-state index contributed by atoms with van der Waals surface area (Å²) >= 11 is 0. The van der Waals surface area contributed by atoms with E-state index in [1.165, 1.54) is 38.5 Å². The van der Waals surface area contributed by atoms with Crippen LogP contribution in [-0.2, 0) is 17.9 Å². The molecule has 1 N–H and O–H groups in total. The first-order valence-corrected chi connectivity index (χ1v) is 7.99. The fraction of sp³-hybridized carbons (Fsp3) is 0.750. The molecule has 114 valence electrons. The third-order valence-corrected chi connectivity index (χ3v) is 3.67. The van der Waals surface area contributed by atoms with Crippen LogP contribution in [0.3, 0.4) is 0 Å². The van der Waals surface area contributed by atoms with Crippen LogP contribution in [0.5, 0.6) is 0 Å². The van der Waals surface area contributed by atoms with Crippen molar-refractivity contribution in [3.8, 4) is 0 Å². The third kappa shape index (κ3) is 7.97. The van der Waals surface area contributed by atoms with Crippen molar-refractivity contribution in [2.45, 2.75) is 77.8 Å². The van der Waals surface area contributed by atoms with E-state index in [2.05, 4.69) is 34.8 Å². The van der Waals surface area contributed by atoms with E-state index in [0.29, 0.717) is 6.42 Å². The monoisotopic (exact) mass is 281 g/mol. The zero-order valence-electron chi connectivity index (χ0n) is 12.8. The highest BCUT2D eigenvalue weighted by Crippen LogP contribution is 2.09. The Balaban J connectivity index is 1.86. The summed E-state index contributed by atoms with van der Waals surface area (Å²) in [4.78, 5) is 10.3. The summed E-state index contributed by atoms with van der Waals surface area (Å²) in [5, 5.41) is 8.52. The second-order valence-electron chi connectivity index (χ2n) is 5.45. The summed E-state index contributed by atoms with van der Waals surface area (Å²) in [6.45, 7) is 4.31. The van der Waals surface area contributed by atoms with Gasteiger partial charge in [0.25, 0.3) is 0 Å². The third-order valence-electron chi connectivity index (χ3n) is 3.67. The predicted octanol–water partition coefficient (Wildman–Crippen LogP) is 3.39. The lowest BCUT2D eigenvalue weighted by atomic mass is 10.1. The maximum Gasteiger partial charge on any atom is 0.303 e. The van der Waals surface area contributed by atoms with Gasteiger partial charge >= 0.3 is 5.97 Å². The number of imidazole rings is 1. The molecule has 1 heterocycles. The Morgan fingerprint density at radius 1 is 1.05 bits per heavy atom. The Labute approximate surface area is 122 Å². The van der Waals surface area contributed by atoms with E-state index in [-0.39, 0.29) is 0 Å². The van der Waals surface area contributed by atoms with Crippen LogP contribution in [0.1, 0.15) is 64.7 Å². The number of hydrogen-bond acceptors (Lipinski definition) is 1. The lowest BCUT2D eigenvalue weighted by Crippen LogP contribution is -2.30. The molecule has 0 aliphatic heterocycles. The van der Waals surface area contributed by atoms with Gasteiger partial charge in [0, 0.05) is 6.42 Å². The summed E-state index contributed by atoms with van der Waals surface area (Å²) in [5.41, 5.74) is 0. The zero-order chi connectivity index (χ0) is 14.6. The molecule has 0 saturated carbocycles. The van der Waals surface area contributed by atoms with E-state index in [1.807, 2.05) is 0 Å². The summed E-state index contributed by atoms with van der Waals surface area (Å²) in [6, 6.07) is 0. The molecule has 0 aromatic carbocycles. The van der Waals surface area contributed by atoms with Crippen molar-refractivity contribution in [2.24, 2.45) is 0 Å². The van der Waals surface area contributed by atoms with Gasteiger partial charge in [0.1, 0.15) is 12.4 Å². The molecule has 1 aromatic rings. The van der Waals surface area contributed by atoms with Crippen molar-refractivity contribution in [3.63, 3.8) is 0 Å². The van der Waals surface area contributed by atoms with Crippen LogP contribution in [0.25, 0.3) is 0 Å². The number of aliphatic carboxylic acids is 1. The first kappa shape index (κ1) is 16.7. The molecule has 0 saturated heterocycles. The second kappa shape index (κ2) is 10.5. The van der Waals surface area contributed by atoms with Crippen LogP contribution in [0, 0.1) is 0 Å². The van der Waals surface area contributed by atoms with Crippen LogP contribution in [0.2, 0.25) is 0 Å². The van der Waals surface area contributed by atoms with E-state index < -0.39 is 5.97 Å². The van der Waals surface area contributed by atoms with Crippen LogP contribution in [-0.4, -0.2) is 15.6 Å². The minimum Gasteiger partial charge on any atom is -0.481 e. The lowest BCUT2D eigenvalue weighted by Gasteiger charge is -2.01. The zero-order valence-corrected chi connectivity index (χ0v) is 12.8. The van der Waals surface area contributed by atoms with Gasteiger partial charge in [-0.2, -0.15) is 0 Å². The normalized spacial score (nSPS) is 10.8. The summed E-state index contributed by atoms with van der Waals surface area (Å²) in [6.07, 6.45) is 16.2. The van der Waals surface area contributed by atoms with E-state index in [4.69, 9.17) is 5.11 Å². The highest BCUT2D eigenvalue weighted by Gasteiger charge is 2.01. The Morgan fingerprint density at radius 2 is 1.65 bits per heavy atom. The Kier molecular flexibility index (Phi) is 8.76. The molecule has 1 aromatic heterocycles. The van der Waals surface area contributed by atoms with Gasteiger partial charge in [-0.3, -0.25) is 4.79 Å². The van der Waals surface area contributed by atoms with Crippen LogP contribution >= 0.6 is 0 Å². The van der Waals surface area contributed by atoms with E-state index in [9.17, 15) is 4.79 Å². The molecule has 0 atom stereocenters. The first-order chi connectivity index (χ1) is 9.72. The Hall–Kier alpha value is -1.32. The number of unbranched alkanes of at least 4 members (excludes halogenated alkanes) is 7. The highest BCUT2D eigenvalue weighted by molar-refractivity contribution is 5.66. The molecule has 0 spiro atoms. The number of carbonyl (C=O) groups is 1. The van der Waals surface area contributed by atoms with Gasteiger partial charge < -0.3 is 5.11 Å². The summed E-state index contributed by atoms with van der Waals surface area (Å²) in [7, 11) is 0. The van der Waals surface area contributed by atoms with Gasteiger partial charge in [-0.15, -0.1) is 0 Å². The Bertz CT molecular complexity index is 374. The fourth-order valence-corrected chi connectivity index (χ4v) is 2.39. The number of aromatic nitrogens is 2. The van der Waals surface area contributed by atoms with Crippen molar-refractivity contribution in [1.82, 2.24) is 4.57 Å². The molecule has 0 radical (unpaired) electrons. The van der Waals surface area contributed by atoms with Crippen molar-refractivity contribution >= 4 is 5.97 Å². The van der Waals surface area contributed by atoms with Crippen molar-refractivity contribution < 1.29 is 14.5 Å². The van der Waals surface area contributed by atoms with Crippen molar-refractivity contribution in [3.05, 3.63) is 18.7 Å². The van der Waals surface area contributed by atoms with E-state index >= 15 is 0 Å². The van der Waals surface area contributed by atoms with Crippen molar-refractivity contribution in [1.29, 1.82) is 0 Å². The van der Waals surface area contributed by atoms with E-state index in [0.717, 1.165) is 25.9 Å². The molecular weight excluding hydrogens is 252 g/mol. The van der Waals surface area contributed by atoms with Crippen molar-refractivity contribution in [2.75, 3.05) is 0 Å². The lowest BCUT2D eigenvalue weighted by molar-refractivity contribution is -0.696. The molecule has 0 amide bonds. The fourth-order valence-electron chi connectivity index (χ4n) is 2.39. The molecule has 0 aliphatic rings. The van der Waals surface area contributed by atoms with Crippen LogP contribution in [0.4, 0.5) is 0 Å². The second-order valence-corrected chi connectivity index (χ2v) is 5.45. The smallest absolute Gasteiger partial charge is 0.303 e. The summed E-state index contributed by atoms with van der Waals surface area (Å²) in [5.74, 6) is -0.667. The number of carboxylic acid groups (broad SMARTS) is 1. The first-order valence-electron chi connectivity index (χ1n) is 7.99. The highest BCUT2D eigenvalue weighted by atomic mass is 16.4. The van der Waals surface area contributed by atoms with Gasteiger partial charge in [0.15, 0.2) is 0 Å². The van der Waals surface area contributed by atoms with Crippen LogP contribution < -0.4 is 4.57 Å². The van der Waals surface area contributed by atoms with Gasteiger partial charge in [0.2, 0.25) is 6.33 Å². The Morgan fingerprint density at radius 3 is 2.20 bits per heavy atom. The topological polar surface area (TPSA) is 46.1 Å². The average Bonchev–Trinajstić information content (AvgIpc) is 2.88. The molecule has 0 bridgehead atoms. The molecule has 0 fully saturated rings. The molecule has 1 rings (SSSR count). The van der Waals surface area contributed by atoms with Gasteiger partial charge in [0.05, 0.1) is 13.1 Å². The quantitative estimate of drug-likeness (QED) is 0.471. The van der Waals surface area contributed by atoms with Gasteiger partial charge in [-0.05, 0) is 26.2 Å². The summed E-state index contributed by atoms with van der Waals surface area (Å²) < 4.78 is 4.45. The minimum atomic E-state index is -0.667. The molecule has 4 heteroatoms. The number of rotatable bonds is 12. The largest absolute Gasteiger partial charge is 0.481 e. The molecular formula is C16H29N2O2+.